The number of alkyl halides is 1. The van der Waals surface area contributed by atoms with E-state index in [9.17, 15) is 17.2 Å². The van der Waals surface area contributed by atoms with Crippen LogP contribution >= 0.6 is 15.9 Å². The molecule has 0 radical (unpaired) electrons. The highest BCUT2D eigenvalue weighted by Crippen LogP contribution is 2.22. The van der Waals surface area contributed by atoms with Gasteiger partial charge in [-0.15, -0.1) is 0 Å². The Morgan fingerprint density at radius 3 is 2.47 bits per heavy atom. The summed E-state index contributed by atoms with van der Waals surface area (Å²) in [6.07, 6.45) is 0.765. The Labute approximate surface area is 120 Å². The van der Waals surface area contributed by atoms with Crippen molar-refractivity contribution in [3.63, 3.8) is 0 Å². The SMILES string of the molecule is CC(C)(CCBr)CNS(=O)(=O)c1ccc(F)cc1F. The van der Waals surface area contributed by atoms with E-state index in [1.54, 1.807) is 0 Å². The highest BCUT2D eigenvalue weighted by molar-refractivity contribution is 9.09. The summed E-state index contributed by atoms with van der Waals surface area (Å²) in [6, 6.07) is 2.39. The van der Waals surface area contributed by atoms with Crippen LogP contribution in [-0.4, -0.2) is 20.3 Å². The van der Waals surface area contributed by atoms with Crippen molar-refractivity contribution in [3.05, 3.63) is 29.8 Å². The van der Waals surface area contributed by atoms with Crippen LogP contribution in [0.15, 0.2) is 23.1 Å². The highest BCUT2D eigenvalue weighted by atomic mass is 79.9. The molecule has 0 atom stereocenters. The van der Waals surface area contributed by atoms with Crippen molar-refractivity contribution in [1.82, 2.24) is 4.72 Å². The van der Waals surface area contributed by atoms with Crippen LogP contribution in [0.3, 0.4) is 0 Å². The monoisotopic (exact) mass is 355 g/mol. The van der Waals surface area contributed by atoms with Gasteiger partial charge in [-0.3, -0.25) is 0 Å². The van der Waals surface area contributed by atoms with E-state index in [4.69, 9.17) is 0 Å². The molecule has 0 heterocycles. The van der Waals surface area contributed by atoms with E-state index in [0.717, 1.165) is 23.9 Å². The standard InChI is InChI=1S/C12H16BrF2NO2S/c1-12(2,5-6-13)8-16-19(17,18)11-4-3-9(14)7-10(11)15/h3-4,7,16H,5-6,8H2,1-2H3. The van der Waals surface area contributed by atoms with Gasteiger partial charge in [0, 0.05) is 17.9 Å². The van der Waals surface area contributed by atoms with Crippen LogP contribution in [0, 0.1) is 17.0 Å². The average Bonchev–Trinajstić information content (AvgIpc) is 2.26. The van der Waals surface area contributed by atoms with Crippen LogP contribution in [0.1, 0.15) is 20.3 Å². The maximum atomic E-state index is 13.4. The maximum absolute atomic E-state index is 13.4. The fraction of sp³-hybridized carbons (Fsp3) is 0.500. The third-order valence-electron chi connectivity index (χ3n) is 2.70. The van der Waals surface area contributed by atoms with E-state index in [1.807, 2.05) is 13.8 Å². The molecular formula is C12H16BrF2NO2S. The minimum atomic E-state index is -3.97. The van der Waals surface area contributed by atoms with Crippen molar-refractivity contribution in [3.8, 4) is 0 Å². The van der Waals surface area contributed by atoms with Crippen LogP contribution in [-0.2, 0) is 10.0 Å². The molecule has 0 spiro atoms. The molecule has 108 valence electrons. The molecule has 0 fully saturated rings. The highest BCUT2D eigenvalue weighted by Gasteiger charge is 2.24. The zero-order valence-corrected chi connectivity index (χ0v) is 13.1. The molecule has 3 nitrogen and oxygen atoms in total. The predicted molar refractivity (Wildman–Crippen MR) is 73.7 cm³/mol. The van der Waals surface area contributed by atoms with Gasteiger partial charge in [-0.2, -0.15) is 0 Å². The molecule has 0 unspecified atom stereocenters. The number of nitrogens with one attached hydrogen (secondary N) is 1. The lowest BCUT2D eigenvalue weighted by molar-refractivity contribution is 0.354. The minimum absolute atomic E-state index is 0.178. The largest absolute Gasteiger partial charge is 0.243 e. The Bertz CT molecular complexity index is 547. The number of halogens is 3. The molecule has 0 aliphatic rings. The summed E-state index contributed by atoms with van der Waals surface area (Å²) in [7, 11) is -3.97. The topological polar surface area (TPSA) is 46.2 Å². The Kier molecular flexibility index (Phi) is 5.46. The lowest BCUT2D eigenvalue weighted by atomic mass is 9.91. The summed E-state index contributed by atoms with van der Waals surface area (Å²) in [5, 5.41) is 0.743. The van der Waals surface area contributed by atoms with E-state index >= 15 is 0 Å². The number of rotatable bonds is 6. The van der Waals surface area contributed by atoms with Crippen molar-refractivity contribution < 1.29 is 17.2 Å². The first-order chi connectivity index (χ1) is 8.68. The van der Waals surface area contributed by atoms with Crippen LogP contribution < -0.4 is 4.72 Å². The summed E-state index contributed by atoms with van der Waals surface area (Å²) in [5.74, 6) is -1.90. The molecule has 1 aromatic carbocycles. The van der Waals surface area contributed by atoms with Crippen LogP contribution in [0.2, 0.25) is 0 Å². The van der Waals surface area contributed by atoms with Gasteiger partial charge in [-0.1, -0.05) is 29.8 Å². The molecule has 0 aliphatic carbocycles. The number of hydrogen-bond donors (Lipinski definition) is 1. The van der Waals surface area contributed by atoms with Gasteiger partial charge in [0.1, 0.15) is 16.5 Å². The van der Waals surface area contributed by atoms with Gasteiger partial charge in [0.05, 0.1) is 0 Å². The summed E-state index contributed by atoms with van der Waals surface area (Å²) in [4.78, 5) is -0.538. The van der Waals surface area contributed by atoms with Gasteiger partial charge >= 0.3 is 0 Å². The second-order valence-corrected chi connectivity index (χ2v) is 7.53. The lowest BCUT2D eigenvalue weighted by Gasteiger charge is -2.23. The predicted octanol–water partition coefficient (Wildman–Crippen LogP) is 3.05. The first-order valence-electron chi connectivity index (χ1n) is 5.69. The van der Waals surface area contributed by atoms with Crippen LogP contribution in [0.25, 0.3) is 0 Å². The minimum Gasteiger partial charge on any atom is -0.211 e. The van der Waals surface area contributed by atoms with E-state index in [0.29, 0.717) is 6.07 Å². The van der Waals surface area contributed by atoms with Gasteiger partial charge < -0.3 is 0 Å². The Morgan fingerprint density at radius 2 is 1.95 bits per heavy atom. The van der Waals surface area contributed by atoms with Gasteiger partial charge in [0.2, 0.25) is 10.0 Å². The Morgan fingerprint density at radius 1 is 1.32 bits per heavy atom. The van der Waals surface area contributed by atoms with Crippen molar-refractivity contribution in [2.45, 2.75) is 25.2 Å². The second-order valence-electron chi connectivity index (χ2n) is 5.00. The third kappa shape index (κ3) is 4.81. The molecule has 0 amide bonds. The van der Waals surface area contributed by atoms with E-state index < -0.39 is 26.6 Å². The molecule has 1 rings (SSSR count). The van der Waals surface area contributed by atoms with Gasteiger partial charge in [0.15, 0.2) is 0 Å². The molecule has 7 heteroatoms. The smallest absolute Gasteiger partial charge is 0.211 e. The Hall–Kier alpha value is -0.530. The zero-order chi connectivity index (χ0) is 14.7. The molecule has 0 saturated carbocycles. The number of hydrogen-bond acceptors (Lipinski definition) is 2. The molecule has 0 aliphatic heterocycles. The first kappa shape index (κ1) is 16.5. The number of benzene rings is 1. The quantitative estimate of drug-likeness (QED) is 0.797. The summed E-state index contributed by atoms with van der Waals surface area (Å²) in [6.45, 7) is 3.98. The Balaban J connectivity index is 2.87. The van der Waals surface area contributed by atoms with E-state index in [2.05, 4.69) is 20.7 Å². The lowest BCUT2D eigenvalue weighted by Crippen LogP contribution is -2.34. The fourth-order valence-electron chi connectivity index (χ4n) is 1.41. The maximum Gasteiger partial charge on any atom is 0.243 e. The summed E-state index contributed by atoms with van der Waals surface area (Å²) in [5.41, 5.74) is -0.257. The molecule has 0 saturated heterocycles. The fourth-order valence-corrected chi connectivity index (χ4v) is 3.78. The number of sulfonamides is 1. The molecule has 0 bridgehead atoms. The molecule has 0 aromatic heterocycles. The molecule has 1 N–H and O–H groups in total. The van der Waals surface area contributed by atoms with Crippen molar-refractivity contribution >= 4 is 26.0 Å². The first-order valence-corrected chi connectivity index (χ1v) is 8.29. The zero-order valence-electron chi connectivity index (χ0n) is 10.7. The molecule has 1 aromatic rings. The van der Waals surface area contributed by atoms with Crippen molar-refractivity contribution in [2.75, 3.05) is 11.9 Å². The van der Waals surface area contributed by atoms with Crippen LogP contribution in [0.5, 0.6) is 0 Å². The average molecular weight is 356 g/mol. The molecule has 19 heavy (non-hydrogen) atoms. The van der Waals surface area contributed by atoms with E-state index in [1.165, 1.54) is 0 Å². The molecular weight excluding hydrogens is 340 g/mol. The normalized spacial score (nSPS) is 12.7. The van der Waals surface area contributed by atoms with Crippen molar-refractivity contribution in [1.29, 1.82) is 0 Å². The van der Waals surface area contributed by atoms with Crippen LogP contribution in [0.4, 0.5) is 8.78 Å². The van der Waals surface area contributed by atoms with E-state index in [-0.39, 0.29) is 12.0 Å². The second kappa shape index (κ2) is 6.28. The van der Waals surface area contributed by atoms with Gasteiger partial charge in [-0.25, -0.2) is 21.9 Å². The summed E-state index contributed by atoms with van der Waals surface area (Å²) >= 11 is 3.29. The van der Waals surface area contributed by atoms with Gasteiger partial charge in [-0.05, 0) is 24.0 Å². The third-order valence-corrected chi connectivity index (χ3v) is 4.53. The van der Waals surface area contributed by atoms with Crippen molar-refractivity contribution in [2.24, 2.45) is 5.41 Å². The summed E-state index contributed by atoms with van der Waals surface area (Å²) < 4.78 is 52.4. The van der Waals surface area contributed by atoms with Gasteiger partial charge in [0.25, 0.3) is 0 Å².